The first kappa shape index (κ1) is 16.7. The number of ether oxygens (including phenoxy) is 1. The molecule has 134 valence electrons. The first-order chi connectivity index (χ1) is 13.2. The molecule has 0 fully saturated rings. The number of benzene rings is 2. The number of hydrogen-bond acceptors (Lipinski definition) is 5. The molecule has 4 rings (SSSR count). The quantitative estimate of drug-likeness (QED) is 0.554. The maximum Gasteiger partial charge on any atom is 0.244 e. The van der Waals surface area contributed by atoms with E-state index in [0.717, 1.165) is 22.1 Å². The number of nitrogens with zero attached hydrogens (tertiary/aromatic N) is 4. The average Bonchev–Trinajstić information content (AvgIpc) is 3.14. The van der Waals surface area contributed by atoms with Crippen LogP contribution in [-0.2, 0) is 11.3 Å². The standard InChI is InChI=1S/C20H17N5O2/c1-27-16-7-4-5-14(11-16)12-21-19(26)10-9-18-23-24-20-17-8-3-2-6-15(17)13-22-25(18)20/h2-11,13H,12H2,1H3,(H,21,26). The van der Waals surface area contributed by atoms with Crippen molar-refractivity contribution in [3.8, 4) is 5.75 Å². The lowest BCUT2D eigenvalue weighted by atomic mass is 10.2. The van der Waals surface area contributed by atoms with Gasteiger partial charge in [-0.3, -0.25) is 4.79 Å². The molecule has 2 heterocycles. The summed E-state index contributed by atoms with van der Waals surface area (Å²) in [6, 6.07) is 15.4. The number of carbonyl (C=O) groups excluding carboxylic acids is 1. The monoisotopic (exact) mass is 359 g/mol. The molecular formula is C20H17N5O2. The van der Waals surface area contributed by atoms with Gasteiger partial charge in [-0.25, -0.2) is 0 Å². The summed E-state index contributed by atoms with van der Waals surface area (Å²) >= 11 is 0. The SMILES string of the molecule is COc1cccc(CNC(=O)C=Cc2nnc3c4ccccc4cnn23)c1. The highest BCUT2D eigenvalue weighted by molar-refractivity contribution is 5.94. The minimum absolute atomic E-state index is 0.227. The van der Waals surface area contributed by atoms with Crippen molar-refractivity contribution in [1.82, 2.24) is 25.1 Å². The van der Waals surface area contributed by atoms with Crippen LogP contribution < -0.4 is 10.1 Å². The third kappa shape index (κ3) is 3.48. The van der Waals surface area contributed by atoms with Crippen LogP contribution in [0.3, 0.4) is 0 Å². The lowest BCUT2D eigenvalue weighted by Crippen LogP contribution is -2.20. The summed E-state index contributed by atoms with van der Waals surface area (Å²) < 4.78 is 6.80. The Morgan fingerprint density at radius 1 is 1.19 bits per heavy atom. The molecule has 1 amide bonds. The van der Waals surface area contributed by atoms with Gasteiger partial charge in [0.1, 0.15) is 5.75 Å². The molecule has 0 unspecified atom stereocenters. The molecular weight excluding hydrogens is 342 g/mol. The summed E-state index contributed by atoms with van der Waals surface area (Å²) in [6.07, 6.45) is 4.78. The van der Waals surface area contributed by atoms with Crippen molar-refractivity contribution in [2.75, 3.05) is 7.11 Å². The molecule has 4 aromatic rings. The van der Waals surface area contributed by atoms with E-state index in [-0.39, 0.29) is 5.91 Å². The summed E-state index contributed by atoms with van der Waals surface area (Å²) in [6.45, 7) is 0.407. The van der Waals surface area contributed by atoms with E-state index in [4.69, 9.17) is 4.74 Å². The molecule has 0 atom stereocenters. The van der Waals surface area contributed by atoms with Crippen LogP contribution in [0.4, 0.5) is 0 Å². The predicted octanol–water partition coefficient (Wildman–Crippen LogP) is 2.62. The van der Waals surface area contributed by atoms with Crippen LogP contribution in [0, 0.1) is 0 Å². The molecule has 0 aliphatic carbocycles. The van der Waals surface area contributed by atoms with Gasteiger partial charge in [0.05, 0.1) is 13.3 Å². The summed E-state index contributed by atoms with van der Waals surface area (Å²) in [4.78, 5) is 12.1. The van der Waals surface area contributed by atoms with Crippen molar-refractivity contribution in [3.05, 3.63) is 72.2 Å². The van der Waals surface area contributed by atoms with Crippen molar-refractivity contribution in [2.24, 2.45) is 0 Å². The Balaban J connectivity index is 1.49. The van der Waals surface area contributed by atoms with E-state index >= 15 is 0 Å². The van der Waals surface area contributed by atoms with Crippen LogP contribution >= 0.6 is 0 Å². The van der Waals surface area contributed by atoms with Gasteiger partial charge in [0.15, 0.2) is 11.5 Å². The zero-order valence-electron chi connectivity index (χ0n) is 14.7. The Labute approximate surface area is 155 Å². The van der Waals surface area contributed by atoms with Crippen LogP contribution in [0.5, 0.6) is 5.75 Å². The van der Waals surface area contributed by atoms with Crippen LogP contribution in [0.1, 0.15) is 11.4 Å². The van der Waals surface area contributed by atoms with Gasteiger partial charge in [0, 0.05) is 23.4 Å². The molecule has 0 radical (unpaired) electrons. The molecule has 27 heavy (non-hydrogen) atoms. The molecule has 0 bridgehead atoms. The predicted molar refractivity (Wildman–Crippen MR) is 102 cm³/mol. The summed E-state index contributed by atoms with van der Waals surface area (Å²) in [5, 5.41) is 17.5. The Morgan fingerprint density at radius 3 is 2.96 bits per heavy atom. The van der Waals surface area contributed by atoms with E-state index in [1.165, 1.54) is 6.08 Å². The molecule has 7 nitrogen and oxygen atoms in total. The molecule has 1 N–H and O–H groups in total. The van der Waals surface area contributed by atoms with Gasteiger partial charge < -0.3 is 10.1 Å². The Bertz CT molecular complexity index is 1150. The number of carbonyl (C=O) groups is 1. The number of nitrogens with one attached hydrogen (secondary N) is 1. The summed E-state index contributed by atoms with van der Waals surface area (Å²) in [7, 11) is 1.61. The van der Waals surface area contributed by atoms with Crippen molar-refractivity contribution in [1.29, 1.82) is 0 Å². The third-order valence-corrected chi connectivity index (χ3v) is 4.16. The van der Waals surface area contributed by atoms with E-state index in [9.17, 15) is 4.79 Å². The minimum Gasteiger partial charge on any atom is -0.497 e. The smallest absolute Gasteiger partial charge is 0.244 e. The van der Waals surface area contributed by atoms with E-state index < -0.39 is 0 Å². The number of methoxy groups -OCH3 is 1. The Hall–Kier alpha value is -3.74. The first-order valence-corrected chi connectivity index (χ1v) is 8.42. The molecule has 2 aromatic heterocycles. The fourth-order valence-corrected chi connectivity index (χ4v) is 2.79. The van der Waals surface area contributed by atoms with Crippen LogP contribution in [0.15, 0.2) is 60.8 Å². The second-order valence-corrected chi connectivity index (χ2v) is 5.93. The van der Waals surface area contributed by atoms with Crippen molar-refractivity contribution < 1.29 is 9.53 Å². The van der Waals surface area contributed by atoms with Crippen LogP contribution in [0.2, 0.25) is 0 Å². The largest absolute Gasteiger partial charge is 0.497 e. The van der Waals surface area contributed by atoms with E-state index in [2.05, 4.69) is 20.6 Å². The number of rotatable bonds is 5. The van der Waals surface area contributed by atoms with Gasteiger partial charge in [0.25, 0.3) is 0 Å². The molecule has 0 aliphatic rings. The average molecular weight is 359 g/mol. The third-order valence-electron chi connectivity index (χ3n) is 4.16. The van der Waals surface area contributed by atoms with Crippen molar-refractivity contribution in [3.63, 3.8) is 0 Å². The van der Waals surface area contributed by atoms with Gasteiger partial charge in [0.2, 0.25) is 5.91 Å². The van der Waals surface area contributed by atoms with Gasteiger partial charge in [-0.1, -0.05) is 36.4 Å². The molecule has 0 saturated heterocycles. The van der Waals surface area contributed by atoms with E-state index in [1.54, 1.807) is 23.9 Å². The molecule has 0 spiro atoms. The van der Waals surface area contributed by atoms with E-state index in [1.807, 2.05) is 48.5 Å². The first-order valence-electron chi connectivity index (χ1n) is 8.42. The second-order valence-electron chi connectivity index (χ2n) is 5.93. The fraction of sp³-hybridized carbons (Fsp3) is 0.100. The van der Waals surface area contributed by atoms with Gasteiger partial charge in [-0.05, 0) is 23.8 Å². The summed E-state index contributed by atoms with van der Waals surface area (Å²) in [5.74, 6) is 1.02. The zero-order chi connectivity index (χ0) is 18.6. The highest BCUT2D eigenvalue weighted by Crippen LogP contribution is 2.17. The van der Waals surface area contributed by atoms with Crippen LogP contribution in [0.25, 0.3) is 22.5 Å². The number of aromatic nitrogens is 4. The number of fused-ring (bicyclic) bond motifs is 3. The summed E-state index contributed by atoms with van der Waals surface area (Å²) in [5.41, 5.74) is 1.61. The van der Waals surface area contributed by atoms with Crippen LogP contribution in [-0.4, -0.2) is 32.8 Å². The van der Waals surface area contributed by atoms with Gasteiger partial charge >= 0.3 is 0 Å². The Kier molecular flexibility index (Phi) is 4.49. The van der Waals surface area contributed by atoms with Gasteiger partial charge in [-0.2, -0.15) is 9.61 Å². The lowest BCUT2D eigenvalue weighted by Gasteiger charge is -2.05. The fourth-order valence-electron chi connectivity index (χ4n) is 2.79. The maximum atomic E-state index is 12.1. The molecule has 7 heteroatoms. The maximum absolute atomic E-state index is 12.1. The topological polar surface area (TPSA) is 81.4 Å². The van der Waals surface area contributed by atoms with E-state index in [0.29, 0.717) is 18.0 Å². The van der Waals surface area contributed by atoms with Crippen molar-refractivity contribution in [2.45, 2.75) is 6.54 Å². The van der Waals surface area contributed by atoms with Gasteiger partial charge in [-0.15, -0.1) is 10.2 Å². The highest BCUT2D eigenvalue weighted by atomic mass is 16.5. The second kappa shape index (κ2) is 7.25. The normalized spacial score (nSPS) is 11.3. The molecule has 2 aromatic carbocycles. The molecule has 0 aliphatic heterocycles. The minimum atomic E-state index is -0.227. The zero-order valence-corrected chi connectivity index (χ0v) is 14.7. The number of amides is 1. The highest BCUT2D eigenvalue weighted by Gasteiger charge is 2.08. The molecule has 0 saturated carbocycles. The Morgan fingerprint density at radius 2 is 2.07 bits per heavy atom. The number of hydrogen-bond donors (Lipinski definition) is 1. The lowest BCUT2D eigenvalue weighted by molar-refractivity contribution is -0.116. The van der Waals surface area contributed by atoms with Crippen molar-refractivity contribution >= 4 is 28.4 Å².